The third kappa shape index (κ3) is 5.47. The van der Waals surface area contributed by atoms with Gasteiger partial charge in [0, 0.05) is 37.1 Å². The van der Waals surface area contributed by atoms with Crippen LogP contribution in [-0.2, 0) is 4.79 Å². The molecule has 0 spiro atoms. The first-order chi connectivity index (χ1) is 17.0. The number of ketones is 1. The van der Waals surface area contributed by atoms with E-state index in [0.29, 0.717) is 17.7 Å². The Bertz CT molecular complexity index is 1130. The number of anilines is 4. The van der Waals surface area contributed by atoms with Crippen molar-refractivity contribution in [3.63, 3.8) is 0 Å². The molecule has 1 aromatic carbocycles. The van der Waals surface area contributed by atoms with Gasteiger partial charge in [-0.15, -0.1) is 0 Å². The highest BCUT2D eigenvalue weighted by atomic mass is 16.4. The zero-order chi connectivity index (χ0) is 24.8. The maximum atomic E-state index is 12.3. The average molecular weight is 477 g/mol. The summed E-state index contributed by atoms with van der Waals surface area (Å²) < 4.78 is 6.17. The number of carbonyl (C=O) groups excluding carboxylic acids is 1. The second kappa shape index (κ2) is 10.9. The molecule has 1 aliphatic carbocycles. The van der Waals surface area contributed by atoms with Crippen LogP contribution < -0.4 is 15.1 Å². The van der Waals surface area contributed by atoms with Crippen molar-refractivity contribution in [3.05, 3.63) is 42.7 Å². The van der Waals surface area contributed by atoms with Crippen LogP contribution in [0.5, 0.6) is 0 Å². The lowest BCUT2D eigenvalue weighted by Gasteiger charge is -2.28. The Balaban J connectivity index is 1.53. The molecule has 3 aromatic rings. The van der Waals surface area contributed by atoms with Gasteiger partial charge in [-0.1, -0.05) is 32.9 Å². The van der Waals surface area contributed by atoms with Crippen LogP contribution in [0.1, 0.15) is 59.8 Å². The van der Waals surface area contributed by atoms with Crippen molar-refractivity contribution in [2.75, 3.05) is 34.8 Å². The summed E-state index contributed by atoms with van der Waals surface area (Å²) in [5.74, 6) is 2.32. The lowest BCUT2D eigenvalue weighted by Crippen LogP contribution is -2.43. The molecular weight excluding hydrogens is 440 g/mol. The molecule has 0 radical (unpaired) electrons. The molecule has 4 rings (SSSR count). The predicted octanol–water partition coefficient (Wildman–Crippen LogP) is 5.84. The van der Waals surface area contributed by atoms with E-state index in [-0.39, 0.29) is 5.78 Å². The number of aromatic nitrogens is 3. The molecular formula is C27H36N6O2. The highest BCUT2D eigenvalue weighted by Crippen LogP contribution is 2.45. The smallest absolute Gasteiger partial charge is 0.298 e. The maximum Gasteiger partial charge on any atom is 0.298 e. The molecule has 1 aliphatic rings. The molecule has 1 saturated carbocycles. The van der Waals surface area contributed by atoms with Gasteiger partial charge in [-0.05, 0) is 57.2 Å². The molecule has 186 valence electrons. The van der Waals surface area contributed by atoms with Crippen molar-refractivity contribution in [1.29, 1.82) is 0 Å². The van der Waals surface area contributed by atoms with Crippen molar-refractivity contribution in [2.24, 2.45) is 0 Å². The number of rotatable bonds is 13. The Morgan fingerprint density at radius 1 is 1.06 bits per heavy atom. The van der Waals surface area contributed by atoms with Gasteiger partial charge >= 0.3 is 0 Å². The molecule has 8 heteroatoms. The molecule has 1 fully saturated rings. The van der Waals surface area contributed by atoms with E-state index in [1.807, 2.05) is 35.2 Å². The first-order valence-electron chi connectivity index (χ1n) is 12.7. The SMILES string of the molecule is CCCN(CCC)c1ccnc(Nc2cccc(-c3cnc(N(CCC)C4(C(C)=O)CC4)o3)c2)n1. The van der Waals surface area contributed by atoms with Gasteiger partial charge in [-0.3, -0.25) is 4.79 Å². The summed E-state index contributed by atoms with van der Waals surface area (Å²) >= 11 is 0. The fourth-order valence-electron chi connectivity index (χ4n) is 4.52. The second-order valence-corrected chi connectivity index (χ2v) is 9.18. The lowest BCUT2D eigenvalue weighted by atomic mass is 10.1. The fraction of sp³-hybridized carbons (Fsp3) is 0.481. The molecule has 8 nitrogen and oxygen atoms in total. The van der Waals surface area contributed by atoms with E-state index in [1.165, 1.54) is 0 Å². The molecule has 1 N–H and O–H groups in total. The third-order valence-corrected chi connectivity index (χ3v) is 6.42. The van der Waals surface area contributed by atoms with Crippen LogP contribution in [-0.4, -0.2) is 45.9 Å². The van der Waals surface area contributed by atoms with Crippen LogP contribution in [0, 0.1) is 0 Å². The fourth-order valence-corrected chi connectivity index (χ4v) is 4.52. The molecule has 0 atom stereocenters. The quantitative estimate of drug-likeness (QED) is 0.329. The van der Waals surface area contributed by atoms with E-state index in [2.05, 4.69) is 41.0 Å². The summed E-state index contributed by atoms with van der Waals surface area (Å²) in [6.07, 6.45) is 8.28. The largest absolute Gasteiger partial charge is 0.423 e. The summed E-state index contributed by atoms with van der Waals surface area (Å²) in [6.45, 7) is 10.8. The van der Waals surface area contributed by atoms with Crippen molar-refractivity contribution in [2.45, 2.75) is 65.3 Å². The third-order valence-electron chi connectivity index (χ3n) is 6.42. The summed E-state index contributed by atoms with van der Waals surface area (Å²) in [4.78, 5) is 30.3. The molecule has 0 bridgehead atoms. The highest BCUT2D eigenvalue weighted by molar-refractivity contribution is 5.92. The number of hydrogen-bond acceptors (Lipinski definition) is 8. The zero-order valence-corrected chi connectivity index (χ0v) is 21.3. The Hall–Kier alpha value is -3.42. The molecule has 2 aromatic heterocycles. The van der Waals surface area contributed by atoms with Gasteiger partial charge in [-0.25, -0.2) is 9.97 Å². The number of Topliss-reactive ketones (excluding diaryl/α,β-unsaturated/α-hetero) is 1. The van der Waals surface area contributed by atoms with Gasteiger partial charge < -0.3 is 19.5 Å². The summed E-state index contributed by atoms with van der Waals surface area (Å²) in [5.41, 5.74) is 1.31. The number of oxazole rings is 1. The summed E-state index contributed by atoms with van der Waals surface area (Å²) in [5, 5.41) is 3.33. The van der Waals surface area contributed by atoms with Gasteiger partial charge in [0.15, 0.2) is 11.5 Å². The summed E-state index contributed by atoms with van der Waals surface area (Å²) in [7, 11) is 0. The Kier molecular flexibility index (Phi) is 7.68. The van der Waals surface area contributed by atoms with Crippen molar-refractivity contribution in [3.8, 4) is 11.3 Å². The van der Waals surface area contributed by atoms with Crippen LogP contribution >= 0.6 is 0 Å². The minimum absolute atomic E-state index is 0.176. The van der Waals surface area contributed by atoms with Gasteiger partial charge in [0.25, 0.3) is 6.01 Å². The standard InChI is InChI=1S/C27H36N6O2/c1-5-15-32(16-6-2)24-11-14-28-25(31-24)30-22-10-8-9-21(18-22)23-19-29-26(35-23)33(17-7-3)27(12-13-27)20(4)34/h8-11,14,18-19H,5-7,12-13,15-17H2,1-4H3,(H,28,30,31). The first-order valence-corrected chi connectivity index (χ1v) is 12.7. The van der Waals surface area contributed by atoms with Gasteiger partial charge in [0.05, 0.1) is 6.20 Å². The minimum atomic E-state index is -0.451. The summed E-state index contributed by atoms with van der Waals surface area (Å²) in [6, 6.07) is 10.4. The van der Waals surface area contributed by atoms with Gasteiger partial charge in [0.2, 0.25) is 5.95 Å². The predicted molar refractivity (Wildman–Crippen MR) is 140 cm³/mol. The Morgan fingerprint density at radius 3 is 2.46 bits per heavy atom. The van der Waals surface area contributed by atoms with Crippen LogP contribution in [0.15, 0.2) is 47.1 Å². The van der Waals surface area contributed by atoms with Crippen molar-refractivity contribution >= 4 is 29.3 Å². The van der Waals surface area contributed by atoms with E-state index in [0.717, 1.165) is 68.8 Å². The van der Waals surface area contributed by atoms with Crippen LogP contribution in [0.25, 0.3) is 11.3 Å². The second-order valence-electron chi connectivity index (χ2n) is 9.18. The molecule has 35 heavy (non-hydrogen) atoms. The van der Waals surface area contributed by atoms with Crippen LogP contribution in [0.3, 0.4) is 0 Å². The normalized spacial score (nSPS) is 13.9. The minimum Gasteiger partial charge on any atom is -0.423 e. The number of hydrogen-bond donors (Lipinski definition) is 1. The van der Waals surface area contributed by atoms with E-state index in [9.17, 15) is 4.79 Å². The van der Waals surface area contributed by atoms with Gasteiger partial charge in [-0.2, -0.15) is 4.98 Å². The number of nitrogens with one attached hydrogen (secondary N) is 1. The lowest BCUT2D eigenvalue weighted by molar-refractivity contribution is -0.119. The molecule has 0 unspecified atom stereocenters. The Labute approximate surface area is 207 Å². The molecule has 0 amide bonds. The van der Waals surface area contributed by atoms with Crippen LogP contribution in [0.4, 0.5) is 23.5 Å². The topological polar surface area (TPSA) is 87.4 Å². The molecule has 0 saturated heterocycles. The van der Waals surface area contributed by atoms with E-state index >= 15 is 0 Å². The molecule has 0 aliphatic heterocycles. The number of carbonyl (C=O) groups is 1. The zero-order valence-electron chi connectivity index (χ0n) is 21.3. The van der Waals surface area contributed by atoms with E-state index in [4.69, 9.17) is 9.40 Å². The molecule has 2 heterocycles. The van der Waals surface area contributed by atoms with Crippen molar-refractivity contribution in [1.82, 2.24) is 15.0 Å². The highest BCUT2D eigenvalue weighted by Gasteiger charge is 2.53. The van der Waals surface area contributed by atoms with E-state index in [1.54, 1.807) is 19.3 Å². The monoisotopic (exact) mass is 476 g/mol. The number of benzene rings is 1. The number of nitrogens with zero attached hydrogens (tertiary/aromatic N) is 5. The maximum absolute atomic E-state index is 12.3. The van der Waals surface area contributed by atoms with Crippen molar-refractivity contribution < 1.29 is 9.21 Å². The average Bonchev–Trinajstić information content (AvgIpc) is 3.52. The van der Waals surface area contributed by atoms with Crippen LogP contribution in [0.2, 0.25) is 0 Å². The van der Waals surface area contributed by atoms with E-state index < -0.39 is 5.54 Å². The Morgan fingerprint density at radius 2 is 1.80 bits per heavy atom. The van der Waals surface area contributed by atoms with Gasteiger partial charge in [0.1, 0.15) is 11.4 Å². The first kappa shape index (κ1) is 24.7.